The lowest BCUT2D eigenvalue weighted by Gasteiger charge is -2.39. The molecule has 1 heterocycles. The van der Waals surface area contributed by atoms with Crippen molar-refractivity contribution in [2.45, 2.75) is 63.7 Å². The summed E-state index contributed by atoms with van der Waals surface area (Å²) in [5.41, 5.74) is 1.67. The molecule has 39 heavy (non-hydrogen) atoms. The largest absolute Gasteiger partial charge is 0.444 e. The SMILES string of the molecule is CC1(C)OC[C@H]([C@H](OCc2ccccc2)[C@@H](OCc2ccccc2)[C@H](O)CO)N1C(=O)OCc1ccccc1. The highest BCUT2D eigenvalue weighted by atomic mass is 16.6. The molecule has 1 aliphatic rings. The van der Waals surface area contributed by atoms with Crippen molar-refractivity contribution in [3.8, 4) is 0 Å². The second kappa shape index (κ2) is 13.7. The van der Waals surface area contributed by atoms with E-state index in [1.165, 1.54) is 4.90 Å². The van der Waals surface area contributed by atoms with Crippen LogP contribution in [0.2, 0.25) is 0 Å². The zero-order chi connectivity index (χ0) is 27.7. The van der Waals surface area contributed by atoms with Gasteiger partial charge in [-0.15, -0.1) is 0 Å². The number of hydrogen-bond donors (Lipinski definition) is 2. The van der Waals surface area contributed by atoms with E-state index in [1.807, 2.05) is 91.0 Å². The Bertz CT molecular complexity index is 1140. The first kappa shape index (κ1) is 28.7. The summed E-state index contributed by atoms with van der Waals surface area (Å²) in [6.45, 7) is 3.65. The Hall–Kier alpha value is -3.27. The summed E-state index contributed by atoms with van der Waals surface area (Å²) in [4.78, 5) is 15.0. The summed E-state index contributed by atoms with van der Waals surface area (Å²) in [7, 11) is 0. The van der Waals surface area contributed by atoms with Gasteiger partial charge >= 0.3 is 6.09 Å². The first-order valence-electron chi connectivity index (χ1n) is 13.1. The summed E-state index contributed by atoms with van der Waals surface area (Å²) >= 11 is 0. The number of aliphatic hydroxyl groups is 2. The fourth-order valence-electron chi connectivity index (χ4n) is 4.71. The maximum Gasteiger partial charge on any atom is 0.412 e. The Balaban J connectivity index is 1.60. The van der Waals surface area contributed by atoms with Crippen molar-refractivity contribution in [3.63, 3.8) is 0 Å². The van der Waals surface area contributed by atoms with E-state index in [1.54, 1.807) is 13.8 Å². The zero-order valence-corrected chi connectivity index (χ0v) is 22.4. The van der Waals surface area contributed by atoms with E-state index < -0.39 is 42.8 Å². The van der Waals surface area contributed by atoms with Gasteiger partial charge in [-0.3, -0.25) is 4.90 Å². The van der Waals surface area contributed by atoms with Gasteiger partial charge in [0.2, 0.25) is 0 Å². The van der Waals surface area contributed by atoms with Crippen molar-refractivity contribution in [2.24, 2.45) is 0 Å². The maximum atomic E-state index is 13.5. The Labute approximate surface area is 229 Å². The van der Waals surface area contributed by atoms with Crippen LogP contribution in [0.15, 0.2) is 91.0 Å². The summed E-state index contributed by atoms with van der Waals surface area (Å²) in [5.74, 6) is 0. The summed E-state index contributed by atoms with van der Waals surface area (Å²) in [5, 5.41) is 20.8. The van der Waals surface area contributed by atoms with Crippen molar-refractivity contribution in [3.05, 3.63) is 108 Å². The van der Waals surface area contributed by atoms with Crippen LogP contribution in [-0.2, 0) is 38.8 Å². The molecule has 8 heteroatoms. The molecule has 1 fully saturated rings. The van der Waals surface area contributed by atoms with E-state index in [-0.39, 0.29) is 26.4 Å². The molecule has 0 aromatic heterocycles. The molecule has 0 unspecified atom stereocenters. The van der Waals surface area contributed by atoms with Crippen LogP contribution in [0, 0.1) is 0 Å². The molecule has 1 aliphatic heterocycles. The van der Waals surface area contributed by atoms with Gasteiger partial charge < -0.3 is 29.2 Å². The van der Waals surface area contributed by atoms with E-state index in [0.717, 1.165) is 16.7 Å². The third kappa shape index (κ3) is 7.65. The van der Waals surface area contributed by atoms with Gasteiger partial charge in [-0.2, -0.15) is 0 Å². The smallest absolute Gasteiger partial charge is 0.412 e. The zero-order valence-electron chi connectivity index (χ0n) is 22.4. The first-order chi connectivity index (χ1) is 18.9. The molecule has 0 saturated carbocycles. The van der Waals surface area contributed by atoms with Gasteiger partial charge in [0.15, 0.2) is 0 Å². The number of carbonyl (C=O) groups excluding carboxylic acids is 1. The van der Waals surface area contributed by atoms with Crippen molar-refractivity contribution < 1.29 is 34.0 Å². The molecule has 0 spiro atoms. The predicted octanol–water partition coefficient (Wildman–Crippen LogP) is 4.28. The van der Waals surface area contributed by atoms with Crippen LogP contribution < -0.4 is 0 Å². The Kier molecular flexibility index (Phi) is 10.1. The Morgan fingerprint density at radius 2 is 1.36 bits per heavy atom. The van der Waals surface area contributed by atoms with Gasteiger partial charge in [-0.1, -0.05) is 91.0 Å². The van der Waals surface area contributed by atoms with Crippen LogP contribution in [0.3, 0.4) is 0 Å². The van der Waals surface area contributed by atoms with E-state index >= 15 is 0 Å². The third-order valence-corrected chi connectivity index (χ3v) is 6.76. The van der Waals surface area contributed by atoms with E-state index in [4.69, 9.17) is 18.9 Å². The highest BCUT2D eigenvalue weighted by Gasteiger charge is 2.51. The molecular formula is C31H37NO7. The average molecular weight is 536 g/mol. The average Bonchev–Trinajstić information content (AvgIpc) is 3.29. The Morgan fingerprint density at radius 3 is 1.87 bits per heavy atom. The fourth-order valence-corrected chi connectivity index (χ4v) is 4.71. The number of ether oxygens (including phenoxy) is 4. The number of aliphatic hydroxyl groups excluding tert-OH is 2. The fraction of sp³-hybridized carbons (Fsp3) is 0.387. The molecule has 208 valence electrons. The van der Waals surface area contributed by atoms with Crippen LogP contribution in [-0.4, -0.2) is 64.5 Å². The van der Waals surface area contributed by atoms with Gasteiger partial charge in [0, 0.05) is 0 Å². The predicted molar refractivity (Wildman–Crippen MR) is 145 cm³/mol. The third-order valence-electron chi connectivity index (χ3n) is 6.76. The minimum atomic E-state index is -1.26. The van der Waals surface area contributed by atoms with E-state index in [2.05, 4.69) is 0 Å². The summed E-state index contributed by atoms with van der Waals surface area (Å²) in [6, 6.07) is 27.9. The van der Waals surface area contributed by atoms with Crippen LogP contribution >= 0.6 is 0 Å². The van der Waals surface area contributed by atoms with Crippen LogP contribution in [0.1, 0.15) is 30.5 Å². The molecule has 3 aromatic carbocycles. The topological polar surface area (TPSA) is 97.7 Å². The number of carbonyl (C=O) groups is 1. The molecule has 8 nitrogen and oxygen atoms in total. The minimum absolute atomic E-state index is 0.0989. The van der Waals surface area contributed by atoms with Crippen molar-refractivity contribution in [1.82, 2.24) is 4.90 Å². The lowest BCUT2D eigenvalue weighted by Crippen LogP contribution is -2.58. The van der Waals surface area contributed by atoms with Crippen molar-refractivity contribution in [1.29, 1.82) is 0 Å². The van der Waals surface area contributed by atoms with E-state index in [0.29, 0.717) is 0 Å². The normalized spacial score (nSPS) is 18.9. The molecular weight excluding hydrogens is 498 g/mol. The number of amides is 1. The molecule has 0 bridgehead atoms. The first-order valence-corrected chi connectivity index (χ1v) is 13.1. The van der Waals surface area contributed by atoms with E-state index in [9.17, 15) is 15.0 Å². The second-order valence-corrected chi connectivity index (χ2v) is 10.0. The van der Waals surface area contributed by atoms with Gasteiger partial charge in [0.05, 0.1) is 32.5 Å². The molecule has 4 atom stereocenters. The van der Waals surface area contributed by atoms with Crippen molar-refractivity contribution in [2.75, 3.05) is 13.2 Å². The minimum Gasteiger partial charge on any atom is -0.444 e. The number of benzene rings is 3. The molecule has 3 aromatic rings. The van der Waals surface area contributed by atoms with Gasteiger partial charge in [0.25, 0.3) is 0 Å². The number of nitrogens with zero attached hydrogens (tertiary/aromatic N) is 1. The van der Waals surface area contributed by atoms with Crippen LogP contribution in [0.4, 0.5) is 4.79 Å². The van der Waals surface area contributed by atoms with Crippen molar-refractivity contribution >= 4 is 6.09 Å². The summed E-state index contributed by atoms with van der Waals surface area (Å²) in [6.07, 6.45) is -3.65. The van der Waals surface area contributed by atoms with Crippen LogP contribution in [0.5, 0.6) is 0 Å². The highest BCUT2D eigenvalue weighted by molar-refractivity contribution is 5.69. The molecule has 1 amide bonds. The molecule has 0 radical (unpaired) electrons. The van der Waals surface area contributed by atoms with Gasteiger partial charge in [-0.05, 0) is 30.5 Å². The lowest BCUT2D eigenvalue weighted by atomic mass is 9.99. The van der Waals surface area contributed by atoms with Gasteiger partial charge in [-0.25, -0.2) is 4.79 Å². The summed E-state index contributed by atoms with van der Waals surface area (Å²) < 4.78 is 24.3. The van der Waals surface area contributed by atoms with Crippen LogP contribution in [0.25, 0.3) is 0 Å². The monoisotopic (exact) mass is 535 g/mol. The second-order valence-electron chi connectivity index (χ2n) is 10.0. The standard InChI is InChI=1S/C31H37NO7/c1-31(2)32(30(35)38-21-25-16-10-5-11-17-25)26(22-39-31)28(36-19-23-12-6-3-7-13-23)29(27(34)18-33)37-20-24-14-8-4-9-15-24/h3-17,26-29,33-34H,18-22H2,1-2H3/t26-,27-,28+,29+/m1/s1. The number of rotatable bonds is 12. The quantitative estimate of drug-likeness (QED) is 0.357. The molecule has 0 aliphatic carbocycles. The molecule has 4 rings (SSSR count). The molecule has 1 saturated heterocycles. The maximum absolute atomic E-state index is 13.5. The molecule has 2 N–H and O–H groups in total. The lowest BCUT2D eigenvalue weighted by molar-refractivity contribution is -0.159. The number of hydrogen-bond acceptors (Lipinski definition) is 7. The highest BCUT2D eigenvalue weighted by Crippen LogP contribution is 2.33. The van der Waals surface area contributed by atoms with Gasteiger partial charge in [0.1, 0.15) is 30.6 Å². The Morgan fingerprint density at radius 1 is 0.872 bits per heavy atom.